The molecule has 0 atom stereocenters. The summed E-state index contributed by atoms with van der Waals surface area (Å²) in [7, 11) is 0. The second-order valence-corrected chi connectivity index (χ2v) is 13.0. The molecular formula is C42H29FN10O4. The number of nitrogens with two attached hydrogens (primary N) is 2. The van der Waals surface area contributed by atoms with Crippen molar-refractivity contribution in [2.75, 3.05) is 11.5 Å². The summed E-state index contributed by atoms with van der Waals surface area (Å²) in [4.78, 5) is 50.1. The summed E-state index contributed by atoms with van der Waals surface area (Å²) < 4.78 is 28.9. The number of rotatable bonds is 6. The summed E-state index contributed by atoms with van der Waals surface area (Å²) in [5.41, 5.74) is 16.1. The fourth-order valence-corrected chi connectivity index (χ4v) is 6.94. The van der Waals surface area contributed by atoms with Crippen LogP contribution in [-0.2, 0) is 13.1 Å². The normalized spacial score (nSPS) is 11.3. The number of benzene rings is 4. The van der Waals surface area contributed by atoms with Crippen molar-refractivity contribution in [1.82, 2.24) is 39.0 Å². The highest BCUT2D eigenvalue weighted by atomic mass is 19.1. The Balaban J connectivity index is 0.000000148. The largest absolute Gasteiger partial charge is 0.425 e. The molecule has 0 aliphatic heterocycles. The van der Waals surface area contributed by atoms with E-state index in [9.17, 15) is 14.0 Å². The fraction of sp³-hybridized carbons (Fsp3) is 0.0476. The van der Waals surface area contributed by atoms with Gasteiger partial charge < -0.3 is 29.4 Å². The quantitative estimate of drug-likeness (QED) is 0.185. The Labute approximate surface area is 320 Å². The molecule has 0 unspecified atom stereocenters. The van der Waals surface area contributed by atoms with Gasteiger partial charge in [0.2, 0.25) is 0 Å². The van der Waals surface area contributed by atoms with E-state index in [1.807, 2.05) is 60.7 Å². The van der Waals surface area contributed by atoms with Gasteiger partial charge in [-0.15, -0.1) is 0 Å². The molecule has 6 aromatic heterocycles. The van der Waals surface area contributed by atoms with Crippen LogP contribution in [0.25, 0.3) is 66.1 Å². The third-order valence-electron chi connectivity index (χ3n) is 9.48. The summed E-state index contributed by atoms with van der Waals surface area (Å²) in [5, 5.41) is 2.51. The molecule has 0 saturated carbocycles. The van der Waals surface area contributed by atoms with E-state index in [2.05, 4.69) is 29.9 Å². The molecule has 0 bridgehead atoms. The van der Waals surface area contributed by atoms with E-state index in [0.29, 0.717) is 67.0 Å². The van der Waals surface area contributed by atoms with Gasteiger partial charge in [0.25, 0.3) is 0 Å². The average molecular weight is 757 g/mol. The summed E-state index contributed by atoms with van der Waals surface area (Å²) in [6.07, 6.45) is 5.92. The van der Waals surface area contributed by atoms with Crippen molar-refractivity contribution in [2.24, 2.45) is 0 Å². The average Bonchev–Trinajstić information content (AvgIpc) is 3.84. The maximum atomic E-state index is 14.0. The number of nitrogens with zero attached hydrogens (tertiary/aromatic N) is 8. The van der Waals surface area contributed by atoms with Crippen molar-refractivity contribution < 1.29 is 13.2 Å². The molecule has 0 fully saturated rings. The highest BCUT2D eigenvalue weighted by Gasteiger charge is 2.20. The van der Waals surface area contributed by atoms with Gasteiger partial charge in [-0.1, -0.05) is 78.9 Å². The van der Waals surface area contributed by atoms with Crippen molar-refractivity contribution in [1.29, 1.82) is 0 Å². The Hall–Kier alpha value is -8.07. The molecule has 57 heavy (non-hydrogen) atoms. The number of imidazole rings is 2. The topological polar surface area (TPSA) is 200 Å². The van der Waals surface area contributed by atoms with Gasteiger partial charge >= 0.3 is 11.3 Å². The zero-order valence-electron chi connectivity index (χ0n) is 29.8. The molecule has 10 aromatic rings. The lowest BCUT2D eigenvalue weighted by Crippen LogP contribution is -2.09. The van der Waals surface area contributed by atoms with E-state index < -0.39 is 5.63 Å². The Morgan fingerprint density at radius 1 is 0.526 bits per heavy atom. The Morgan fingerprint density at radius 2 is 0.982 bits per heavy atom. The molecule has 0 aliphatic rings. The molecule has 15 heteroatoms. The van der Waals surface area contributed by atoms with Crippen LogP contribution >= 0.6 is 0 Å². The van der Waals surface area contributed by atoms with E-state index in [4.69, 9.17) is 20.3 Å². The molecule has 4 aromatic carbocycles. The van der Waals surface area contributed by atoms with Crippen LogP contribution < -0.4 is 22.7 Å². The van der Waals surface area contributed by atoms with Crippen LogP contribution in [0.4, 0.5) is 16.0 Å². The number of hydrogen-bond acceptors (Lipinski definition) is 12. The van der Waals surface area contributed by atoms with Crippen LogP contribution in [0.2, 0.25) is 0 Å². The van der Waals surface area contributed by atoms with E-state index in [-0.39, 0.29) is 30.4 Å². The van der Waals surface area contributed by atoms with Crippen LogP contribution in [0.5, 0.6) is 0 Å². The van der Waals surface area contributed by atoms with Gasteiger partial charge in [-0.05, 0) is 35.4 Å². The van der Waals surface area contributed by atoms with E-state index in [1.54, 1.807) is 52.1 Å². The van der Waals surface area contributed by atoms with Gasteiger partial charge in [0.15, 0.2) is 22.9 Å². The van der Waals surface area contributed by atoms with E-state index in [0.717, 1.165) is 16.5 Å². The van der Waals surface area contributed by atoms with E-state index in [1.165, 1.54) is 24.8 Å². The van der Waals surface area contributed by atoms with Gasteiger partial charge in [-0.2, -0.15) is 0 Å². The first-order chi connectivity index (χ1) is 27.8. The van der Waals surface area contributed by atoms with Gasteiger partial charge in [0, 0.05) is 21.9 Å². The molecule has 6 heterocycles. The maximum absolute atomic E-state index is 14.0. The first-order valence-corrected chi connectivity index (χ1v) is 17.6. The maximum Gasteiger partial charge on any atom is 0.343 e. The predicted molar refractivity (Wildman–Crippen MR) is 213 cm³/mol. The second kappa shape index (κ2) is 14.3. The number of nitrogen functional groups attached to an aromatic ring is 2. The Kier molecular flexibility index (Phi) is 8.70. The Bertz CT molecular complexity index is 3250. The number of halogens is 1. The lowest BCUT2D eigenvalue weighted by atomic mass is 9.98. The highest BCUT2D eigenvalue weighted by molar-refractivity contribution is 5.97. The molecule has 10 rings (SSSR count). The van der Waals surface area contributed by atoms with Crippen LogP contribution in [0.1, 0.15) is 11.5 Å². The number of anilines is 2. The van der Waals surface area contributed by atoms with Crippen molar-refractivity contribution in [3.63, 3.8) is 0 Å². The summed E-state index contributed by atoms with van der Waals surface area (Å²) in [6.45, 7) is 0.454. The minimum atomic E-state index is -0.464. The molecule has 4 N–H and O–H groups in total. The number of hydrogen-bond donors (Lipinski definition) is 2. The molecule has 0 amide bonds. The molecular weight excluding hydrogens is 728 g/mol. The fourth-order valence-electron chi connectivity index (χ4n) is 6.94. The van der Waals surface area contributed by atoms with Crippen LogP contribution in [0, 0.1) is 5.82 Å². The molecule has 14 nitrogen and oxygen atoms in total. The minimum Gasteiger partial charge on any atom is -0.425 e. The highest BCUT2D eigenvalue weighted by Crippen LogP contribution is 2.33. The second-order valence-electron chi connectivity index (χ2n) is 13.0. The third-order valence-corrected chi connectivity index (χ3v) is 9.48. The molecule has 0 aliphatic carbocycles. The van der Waals surface area contributed by atoms with Crippen LogP contribution in [-0.4, -0.2) is 39.0 Å². The van der Waals surface area contributed by atoms with Crippen molar-refractivity contribution in [3.05, 3.63) is 167 Å². The summed E-state index contributed by atoms with van der Waals surface area (Å²) >= 11 is 0. The van der Waals surface area contributed by atoms with Gasteiger partial charge in [0.05, 0.1) is 36.5 Å². The Morgan fingerprint density at radius 3 is 1.49 bits per heavy atom. The molecule has 0 spiro atoms. The first-order valence-electron chi connectivity index (χ1n) is 17.6. The minimum absolute atomic E-state index is 0.166. The van der Waals surface area contributed by atoms with Crippen molar-refractivity contribution in [3.8, 4) is 22.3 Å². The third kappa shape index (κ3) is 6.38. The zero-order valence-corrected chi connectivity index (χ0v) is 29.8. The van der Waals surface area contributed by atoms with Crippen molar-refractivity contribution in [2.45, 2.75) is 13.1 Å². The number of aromatic nitrogens is 8. The lowest BCUT2D eigenvalue weighted by molar-refractivity contribution is 0.457. The molecule has 0 saturated heterocycles. The van der Waals surface area contributed by atoms with E-state index >= 15 is 0 Å². The predicted octanol–water partition coefficient (Wildman–Crippen LogP) is 6.60. The monoisotopic (exact) mass is 756 g/mol. The summed E-state index contributed by atoms with van der Waals surface area (Å²) in [5.74, 6) is 1.10. The molecule has 0 radical (unpaired) electrons. The first kappa shape index (κ1) is 34.7. The molecule has 278 valence electrons. The van der Waals surface area contributed by atoms with Gasteiger partial charge in [-0.25, -0.2) is 43.9 Å². The van der Waals surface area contributed by atoms with Gasteiger partial charge in [-0.3, -0.25) is 0 Å². The van der Waals surface area contributed by atoms with Crippen molar-refractivity contribution >= 4 is 55.5 Å². The lowest BCUT2D eigenvalue weighted by Gasteiger charge is -2.13. The SMILES string of the molecule is Nc1ncnc2c1ncn2Cc1oc(=O)c2ccccc2c1-c1cccc(F)c1.Nc1ncnc2c1ncn2Cc1oc(=O)c2ccccc2c1-c1ccccc1. The standard InChI is InChI=1S/C21H14FN5O2.C21H15N5O2/c22-13-5-3-4-12(8-13)17-14-6-1-2-7-15(14)21(28)29-16(17)9-27-11-26-18-19(23)24-10-25-20(18)27;22-19-18-20(24-11-23-19)26(12-25-18)10-16-17(13-6-2-1-3-7-13)14-8-4-5-9-15(14)21(27)28-16/h1-8,10-11H,9H2,(H2,23,24,25);1-9,11-12H,10H2,(H2,22,23,24). The number of fused-ring (bicyclic) bond motifs is 4. The van der Waals surface area contributed by atoms with Gasteiger partial charge in [0.1, 0.15) is 41.0 Å². The van der Waals surface area contributed by atoms with Crippen LogP contribution in [0.15, 0.2) is 147 Å². The van der Waals surface area contributed by atoms with Crippen LogP contribution in [0.3, 0.4) is 0 Å². The smallest absolute Gasteiger partial charge is 0.343 e. The summed E-state index contributed by atoms with van der Waals surface area (Å²) in [6, 6.07) is 30.6. The zero-order chi connectivity index (χ0) is 39.0.